The van der Waals surface area contributed by atoms with Crippen LogP contribution in [0.1, 0.15) is 11.1 Å². The normalized spacial score (nSPS) is 15.6. The van der Waals surface area contributed by atoms with Crippen LogP contribution in [0, 0.1) is 5.82 Å². The summed E-state index contributed by atoms with van der Waals surface area (Å²) >= 11 is 0. The van der Waals surface area contributed by atoms with Gasteiger partial charge in [0, 0.05) is 11.1 Å². The van der Waals surface area contributed by atoms with Crippen LogP contribution in [0.2, 0.25) is 0 Å². The maximum atomic E-state index is 12.8. The molecule has 1 aliphatic heterocycles. The topological polar surface area (TPSA) is 50.7 Å². The zero-order valence-electron chi connectivity index (χ0n) is 9.47. The number of hydrogen-bond donors (Lipinski definition) is 1. The minimum Gasteiger partial charge on any atom is -0.383 e. The van der Waals surface area contributed by atoms with E-state index in [0.717, 1.165) is 11.1 Å². The second-order valence-electron chi connectivity index (χ2n) is 3.95. The summed E-state index contributed by atoms with van der Waals surface area (Å²) in [5.41, 5.74) is 8.27. The Morgan fingerprint density at radius 1 is 0.944 bits per heavy atom. The van der Waals surface area contributed by atoms with Crippen LogP contribution in [0.3, 0.4) is 0 Å². The lowest BCUT2D eigenvalue weighted by atomic mass is 10.1. The van der Waals surface area contributed by atoms with Crippen molar-refractivity contribution in [2.24, 2.45) is 15.7 Å². The highest BCUT2D eigenvalue weighted by molar-refractivity contribution is 6.22. The average Bonchev–Trinajstić information content (AvgIpc) is 2.70. The molecule has 0 saturated carbocycles. The Labute approximate surface area is 104 Å². The van der Waals surface area contributed by atoms with Gasteiger partial charge in [-0.3, -0.25) is 0 Å². The van der Waals surface area contributed by atoms with Crippen molar-refractivity contribution < 1.29 is 4.39 Å². The molecule has 2 aromatic rings. The smallest absolute Gasteiger partial charge is 0.162 e. The van der Waals surface area contributed by atoms with E-state index in [-0.39, 0.29) is 5.82 Å². The van der Waals surface area contributed by atoms with Gasteiger partial charge < -0.3 is 5.73 Å². The number of aliphatic imine (C=N–C) groups is 2. The highest BCUT2D eigenvalue weighted by atomic mass is 19.1. The Balaban J connectivity index is 2.07. The molecule has 0 radical (unpaired) electrons. The molecule has 3 rings (SSSR count). The predicted molar refractivity (Wildman–Crippen MR) is 69.8 cm³/mol. The van der Waals surface area contributed by atoms with E-state index in [1.54, 1.807) is 12.1 Å². The maximum absolute atomic E-state index is 12.8. The lowest BCUT2D eigenvalue weighted by Crippen LogP contribution is -2.09. The van der Waals surface area contributed by atoms with E-state index < -0.39 is 0 Å². The van der Waals surface area contributed by atoms with E-state index >= 15 is 0 Å². The molecule has 1 heterocycles. The third kappa shape index (κ3) is 1.78. The van der Waals surface area contributed by atoms with Gasteiger partial charge in [0.2, 0.25) is 0 Å². The van der Waals surface area contributed by atoms with E-state index in [1.165, 1.54) is 12.1 Å². The molecule has 0 saturated heterocycles. The molecule has 0 fully saturated rings. The molecule has 0 aromatic heterocycles. The van der Waals surface area contributed by atoms with Gasteiger partial charge >= 0.3 is 0 Å². The van der Waals surface area contributed by atoms with Gasteiger partial charge in [-0.15, -0.1) is 0 Å². The largest absolute Gasteiger partial charge is 0.383 e. The van der Waals surface area contributed by atoms with Crippen LogP contribution in [0.5, 0.6) is 0 Å². The maximum Gasteiger partial charge on any atom is 0.162 e. The summed E-state index contributed by atoms with van der Waals surface area (Å²) in [5.74, 6) is 0.745. The molecule has 2 N–H and O–H groups in total. The fourth-order valence-electron chi connectivity index (χ4n) is 1.86. The van der Waals surface area contributed by atoms with Gasteiger partial charge in [0.25, 0.3) is 0 Å². The minimum absolute atomic E-state index is 0.284. The van der Waals surface area contributed by atoms with Crippen LogP contribution >= 0.6 is 0 Å². The van der Waals surface area contributed by atoms with Crippen molar-refractivity contribution in [1.82, 2.24) is 0 Å². The van der Waals surface area contributed by atoms with E-state index in [4.69, 9.17) is 5.73 Å². The molecule has 4 heteroatoms. The molecular formula is C14H10FN3. The van der Waals surface area contributed by atoms with E-state index in [2.05, 4.69) is 9.98 Å². The average molecular weight is 239 g/mol. The number of nitrogens with two attached hydrogens (primary N) is 1. The number of fused-ring (bicyclic) bond motifs is 1. The summed E-state index contributed by atoms with van der Waals surface area (Å²) < 4.78 is 12.8. The first-order chi connectivity index (χ1) is 8.74. The lowest BCUT2D eigenvalue weighted by Gasteiger charge is -1.98. The Bertz CT molecular complexity index is 657. The molecule has 3 nitrogen and oxygen atoms in total. The van der Waals surface area contributed by atoms with Crippen LogP contribution in [-0.4, -0.2) is 11.7 Å². The fraction of sp³-hybridized carbons (Fsp3) is 0. The minimum atomic E-state index is -0.284. The summed E-state index contributed by atoms with van der Waals surface area (Å²) in [4.78, 5) is 8.60. The summed E-state index contributed by atoms with van der Waals surface area (Å²) in [5, 5.41) is 0. The first-order valence-corrected chi connectivity index (χ1v) is 5.52. The summed E-state index contributed by atoms with van der Waals surface area (Å²) in [6.07, 6.45) is 0. The van der Waals surface area contributed by atoms with Crippen LogP contribution in [0.15, 0.2) is 58.5 Å². The van der Waals surface area contributed by atoms with Gasteiger partial charge in [0.05, 0.1) is 5.69 Å². The van der Waals surface area contributed by atoms with E-state index in [9.17, 15) is 4.39 Å². The van der Waals surface area contributed by atoms with Gasteiger partial charge in [0.1, 0.15) is 11.7 Å². The summed E-state index contributed by atoms with van der Waals surface area (Å²) in [7, 11) is 0. The quantitative estimate of drug-likeness (QED) is 0.817. The fourth-order valence-corrected chi connectivity index (χ4v) is 1.86. The third-order valence-corrected chi connectivity index (χ3v) is 2.73. The van der Waals surface area contributed by atoms with Crippen LogP contribution < -0.4 is 5.73 Å². The van der Waals surface area contributed by atoms with Gasteiger partial charge in [-0.05, 0) is 24.3 Å². The SMILES string of the molecule is NC1=NC(=Nc2ccc(F)cc2)c2ccccc21. The molecule has 88 valence electrons. The van der Waals surface area contributed by atoms with Gasteiger partial charge in [-0.25, -0.2) is 14.4 Å². The van der Waals surface area contributed by atoms with Crippen molar-refractivity contribution in [3.8, 4) is 0 Å². The van der Waals surface area contributed by atoms with Gasteiger partial charge in [-0.2, -0.15) is 0 Å². The molecule has 0 amide bonds. The molecule has 0 bridgehead atoms. The van der Waals surface area contributed by atoms with Gasteiger partial charge in [0.15, 0.2) is 5.84 Å². The van der Waals surface area contributed by atoms with Crippen molar-refractivity contribution >= 4 is 17.4 Å². The Hall–Kier alpha value is -2.49. The molecule has 1 aliphatic rings. The second-order valence-corrected chi connectivity index (χ2v) is 3.95. The van der Waals surface area contributed by atoms with Crippen molar-refractivity contribution in [3.63, 3.8) is 0 Å². The standard InChI is InChI=1S/C14H10FN3/c15-9-5-7-10(8-6-9)17-14-12-4-2-1-3-11(12)13(16)18-14/h1-8H,(H2,16,17,18). The molecular weight excluding hydrogens is 229 g/mol. The first kappa shape index (κ1) is 10.7. The zero-order valence-corrected chi connectivity index (χ0v) is 9.47. The van der Waals surface area contributed by atoms with Crippen molar-refractivity contribution in [2.45, 2.75) is 0 Å². The first-order valence-electron chi connectivity index (χ1n) is 5.52. The third-order valence-electron chi connectivity index (χ3n) is 2.73. The molecule has 2 aromatic carbocycles. The molecule has 0 atom stereocenters. The number of halogens is 1. The van der Waals surface area contributed by atoms with Crippen LogP contribution in [0.25, 0.3) is 0 Å². The lowest BCUT2D eigenvalue weighted by molar-refractivity contribution is 0.628. The Kier molecular flexibility index (Phi) is 2.41. The van der Waals surface area contributed by atoms with E-state index in [1.807, 2.05) is 24.3 Å². The number of nitrogens with zero attached hydrogens (tertiary/aromatic N) is 2. The van der Waals surface area contributed by atoms with Gasteiger partial charge in [-0.1, -0.05) is 24.3 Å². The molecule has 0 aliphatic carbocycles. The van der Waals surface area contributed by atoms with Crippen molar-refractivity contribution in [3.05, 3.63) is 65.5 Å². The molecule has 0 spiro atoms. The molecule has 0 unspecified atom stereocenters. The summed E-state index contributed by atoms with van der Waals surface area (Å²) in [6.45, 7) is 0. The number of hydrogen-bond acceptors (Lipinski definition) is 2. The monoisotopic (exact) mass is 239 g/mol. The van der Waals surface area contributed by atoms with Crippen LogP contribution in [0.4, 0.5) is 10.1 Å². The number of benzene rings is 2. The summed E-state index contributed by atoms with van der Waals surface area (Å²) in [6, 6.07) is 13.6. The number of amidine groups is 2. The van der Waals surface area contributed by atoms with Crippen molar-refractivity contribution in [1.29, 1.82) is 0 Å². The zero-order chi connectivity index (χ0) is 12.5. The highest BCUT2D eigenvalue weighted by Crippen LogP contribution is 2.21. The number of rotatable bonds is 1. The molecule has 18 heavy (non-hydrogen) atoms. The van der Waals surface area contributed by atoms with Crippen molar-refractivity contribution in [2.75, 3.05) is 0 Å². The highest BCUT2D eigenvalue weighted by Gasteiger charge is 2.18. The Morgan fingerprint density at radius 2 is 1.61 bits per heavy atom. The van der Waals surface area contributed by atoms with Crippen LogP contribution in [-0.2, 0) is 0 Å². The second kappa shape index (κ2) is 4.07. The van der Waals surface area contributed by atoms with E-state index in [0.29, 0.717) is 17.4 Å². The Morgan fingerprint density at radius 3 is 2.33 bits per heavy atom. The predicted octanol–water partition coefficient (Wildman–Crippen LogP) is 2.62.